The number of oxime groups is 1. The van der Waals surface area contributed by atoms with Crippen molar-refractivity contribution in [2.45, 2.75) is 0 Å². The number of amides is 1. The van der Waals surface area contributed by atoms with Gasteiger partial charge >= 0.3 is 0 Å². The molecule has 0 bridgehead atoms. The molecule has 13 heavy (non-hydrogen) atoms. The lowest BCUT2D eigenvalue weighted by Crippen LogP contribution is -2.24. The molecule has 1 rings (SSSR count). The maximum Gasteiger partial charge on any atom is 0.271 e. The van der Waals surface area contributed by atoms with E-state index >= 15 is 0 Å². The van der Waals surface area contributed by atoms with Crippen molar-refractivity contribution in [2.24, 2.45) is 10.9 Å². The van der Waals surface area contributed by atoms with E-state index in [2.05, 4.69) is 15.0 Å². The lowest BCUT2D eigenvalue weighted by atomic mass is 10.1. The van der Waals surface area contributed by atoms with Gasteiger partial charge in [0, 0.05) is 18.0 Å². The Morgan fingerprint density at radius 1 is 1.54 bits per heavy atom. The lowest BCUT2D eigenvalue weighted by Gasteiger charge is -1.99. The summed E-state index contributed by atoms with van der Waals surface area (Å²) in [6, 6.07) is 3.26. The zero-order valence-corrected chi connectivity index (χ0v) is 7.10. The Kier molecular flexibility index (Phi) is 2.97. The van der Waals surface area contributed by atoms with Crippen molar-refractivity contribution in [3.05, 3.63) is 30.1 Å². The van der Waals surface area contributed by atoms with Gasteiger partial charge < -0.3 is 10.6 Å². The van der Waals surface area contributed by atoms with Gasteiger partial charge in [0.1, 0.15) is 7.11 Å². The molecule has 0 spiro atoms. The molecule has 0 saturated carbocycles. The summed E-state index contributed by atoms with van der Waals surface area (Å²) in [5.74, 6) is -0.631. The average Bonchev–Trinajstić information content (AvgIpc) is 2.15. The zero-order chi connectivity index (χ0) is 9.68. The summed E-state index contributed by atoms with van der Waals surface area (Å²) in [5, 5.41) is 3.51. The van der Waals surface area contributed by atoms with Crippen LogP contribution in [0.5, 0.6) is 0 Å². The van der Waals surface area contributed by atoms with Crippen molar-refractivity contribution in [1.82, 2.24) is 4.98 Å². The Balaban J connectivity index is 3.03. The molecule has 0 aliphatic carbocycles. The van der Waals surface area contributed by atoms with Gasteiger partial charge in [0.05, 0.1) is 0 Å². The van der Waals surface area contributed by atoms with E-state index in [1.54, 1.807) is 24.5 Å². The molecule has 0 radical (unpaired) electrons. The minimum atomic E-state index is -0.631. The summed E-state index contributed by atoms with van der Waals surface area (Å²) in [5.41, 5.74) is 5.76. The molecule has 0 saturated heterocycles. The third-order valence-corrected chi connectivity index (χ3v) is 1.37. The predicted molar refractivity (Wildman–Crippen MR) is 47.0 cm³/mol. The van der Waals surface area contributed by atoms with Crippen LogP contribution in [0.3, 0.4) is 0 Å². The first-order valence-corrected chi connectivity index (χ1v) is 3.57. The van der Waals surface area contributed by atoms with Crippen LogP contribution in [0.25, 0.3) is 0 Å². The quantitative estimate of drug-likeness (QED) is 0.520. The van der Waals surface area contributed by atoms with Crippen LogP contribution in [-0.4, -0.2) is 23.7 Å². The number of carbonyl (C=O) groups excluding carboxylic acids is 1. The Morgan fingerprint density at radius 3 is 2.62 bits per heavy atom. The number of nitrogens with zero attached hydrogens (tertiary/aromatic N) is 2. The molecule has 5 nitrogen and oxygen atoms in total. The largest absolute Gasteiger partial charge is 0.398 e. The number of aromatic nitrogens is 1. The van der Waals surface area contributed by atoms with Crippen molar-refractivity contribution in [1.29, 1.82) is 0 Å². The van der Waals surface area contributed by atoms with Gasteiger partial charge in [-0.25, -0.2) is 0 Å². The molecule has 0 aliphatic heterocycles. The molecule has 0 aromatic carbocycles. The predicted octanol–water partition coefficient (Wildman–Crippen LogP) is -0.0826. The lowest BCUT2D eigenvalue weighted by molar-refractivity contribution is -0.112. The molecule has 0 unspecified atom stereocenters. The highest BCUT2D eigenvalue weighted by molar-refractivity contribution is 6.44. The van der Waals surface area contributed by atoms with Gasteiger partial charge in [-0.1, -0.05) is 5.16 Å². The second-order valence-electron chi connectivity index (χ2n) is 2.22. The first-order valence-electron chi connectivity index (χ1n) is 3.57. The highest BCUT2D eigenvalue weighted by atomic mass is 16.6. The second kappa shape index (κ2) is 4.20. The van der Waals surface area contributed by atoms with Crippen LogP contribution in [-0.2, 0) is 9.63 Å². The molecular formula is C8H9N3O2. The monoisotopic (exact) mass is 179 g/mol. The second-order valence-corrected chi connectivity index (χ2v) is 2.22. The zero-order valence-electron chi connectivity index (χ0n) is 7.10. The van der Waals surface area contributed by atoms with E-state index in [1.807, 2.05) is 0 Å². The molecule has 1 aromatic rings. The standard InChI is InChI=1S/C8H9N3O2/c1-13-11-7(8(9)12)6-2-4-10-5-3-6/h2-5H,1H3,(H2,9,12)/b11-7-. The van der Waals surface area contributed by atoms with E-state index < -0.39 is 5.91 Å². The minimum Gasteiger partial charge on any atom is -0.398 e. The molecule has 2 N–H and O–H groups in total. The molecule has 1 aromatic heterocycles. The van der Waals surface area contributed by atoms with Gasteiger partial charge in [0.2, 0.25) is 0 Å². The topological polar surface area (TPSA) is 77.6 Å². The van der Waals surface area contributed by atoms with Crippen LogP contribution in [0.15, 0.2) is 29.7 Å². The molecule has 68 valence electrons. The third kappa shape index (κ3) is 2.26. The fourth-order valence-electron chi connectivity index (χ4n) is 0.841. The number of pyridine rings is 1. The van der Waals surface area contributed by atoms with Crippen LogP contribution in [0.2, 0.25) is 0 Å². The molecule has 5 heteroatoms. The Morgan fingerprint density at radius 2 is 2.15 bits per heavy atom. The highest BCUT2D eigenvalue weighted by Crippen LogP contribution is 1.99. The number of nitrogens with two attached hydrogens (primary N) is 1. The molecule has 1 amide bonds. The first kappa shape index (κ1) is 9.18. The smallest absolute Gasteiger partial charge is 0.271 e. The van der Waals surface area contributed by atoms with E-state index in [4.69, 9.17) is 5.73 Å². The van der Waals surface area contributed by atoms with E-state index in [-0.39, 0.29) is 5.71 Å². The van der Waals surface area contributed by atoms with Crippen molar-refractivity contribution in [2.75, 3.05) is 7.11 Å². The molecule has 0 fully saturated rings. The average molecular weight is 179 g/mol. The van der Waals surface area contributed by atoms with Crippen molar-refractivity contribution in [3.63, 3.8) is 0 Å². The van der Waals surface area contributed by atoms with Crippen LogP contribution in [0.1, 0.15) is 5.56 Å². The van der Waals surface area contributed by atoms with E-state index in [1.165, 1.54) is 7.11 Å². The molecular weight excluding hydrogens is 170 g/mol. The van der Waals surface area contributed by atoms with Crippen molar-refractivity contribution in [3.8, 4) is 0 Å². The summed E-state index contributed by atoms with van der Waals surface area (Å²) in [6.07, 6.45) is 3.09. The summed E-state index contributed by atoms with van der Waals surface area (Å²) in [4.78, 5) is 19.2. The first-order chi connectivity index (χ1) is 6.25. The SMILES string of the molecule is CO/N=C(\C(N)=O)c1ccncc1. The van der Waals surface area contributed by atoms with E-state index in [9.17, 15) is 4.79 Å². The fourth-order valence-corrected chi connectivity index (χ4v) is 0.841. The molecule has 0 aliphatic rings. The highest BCUT2D eigenvalue weighted by Gasteiger charge is 2.09. The molecule has 1 heterocycles. The van der Waals surface area contributed by atoms with Crippen molar-refractivity contribution >= 4 is 11.6 Å². The van der Waals surface area contributed by atoms with Gasteiger partial charge in [-0.05, 0) is 12.1 Å². The van der Waals surface area contributed by atoms with E-state index in [0.29, 0.717) is 5.56 Å². The van der Waals surface area contributed by atoms with Gasteiger partial charge in [0.15, 0.2) is 5.71 Å². The van der Waals surface area contributed by atoms with Gasteiger partial charge in [-0.3, -0.25) is 9.78 Å². The number of rotatable bonds is 3. The fraction of sp³-hybridized carbons (Fsp3) is 0.125. The summed E-state index contributed by atoms with van der Waals surface area (Å²) in [6.45, 7) is 0. The number of carbonyl (C=O) groups is 1. The maximum absolute atomic E-state index is 10.9. The minimum absolute atomic E-state index is 0.0879. The molecule has 0 atom stereocenters. The Hall–Kier alpha value is -1.91. The third-order valence-electron chi connectivity index (χ3n) is 1.37. The van der Waals surface area contributed by atoms with Crippen LogP contribution in [0.4, 0.5) is 0 Å². The van der Waals surface area contributed by atoms with Crippen LogP contribution < -0.4 is 5.73 Å². The number of primary amides is 1. The van der Waals surface area contributed by atoms with Gasteiger partial charge in [-0.15, -0.1) is 0 Å². The Bertz CT molecular complexity index is 321. The number of hydrogen-bond acceptors (Lipinski definition) is 4. The van der Waals surface area contributed by atoms with E-state index in [0.717, 1.165) is 0 Å². The van der Waals surface area contributed by atoms with Gasteiger partial charge in [-0.2, -0.15) is 0 Å². The summed E-state index contributed by atoms with van der Waals surface area (Å²) in [7, 11) is 1.35. The summed E-state index contributed by atoms with van der Waals surface area (Å²) < 4.78 is 0. The summed E-state index contributed by atoms with van der Waals surface area (Å²) >= 11 is 0. The number of hydrogen-bond donors (Lipinski definition) is 1. The Labute approximate surface area is 75.2 Å². The van der Waals surface area contributed by atoms with Gasteiger partial charge in [0.25, 0.3) is 5.91 Å². The normalized spacial score (nSPS) is 11.0. The van der Waals surface area contributed by atoms with Crippen LogP contribution >= 0.6 is 0 Å². The maximum atomic E-state index is 10.9. The van der Waals surface area contributed by atoms with Crippen molar-refractivity contribution < 1.29 is 9.63 Å². The van der Waals surface area contributed by atoms with Crippen LogP contribution in [0, 0.1) is 0 Å².